The van der Waals surface area contributed by atoms with Gasteiger partial charge in [0.15, 0.2) is 0 Å². The molecule has 1 unspecified atom stereocenters. The predicted octanol–water partition coefficient (Wildman–Crippen LogP) is 6.98. The van der Waals surface area contributed by atoms with E-state index in [-0.39, 0.29) is 0 Å². The average Bonchev–Trinajstić information content (AvgIpc) is 2.73. The molecule has 0 aliphatic heterocycles. The zero-order valence-corrected chi connectivity index (χ0v) is 17.2. The highest BCUT2D eigenvalue weighted by molar-refractivity contribution is 5.57. The molecule has 142 valence electrons. The van der Waals surface area contributed by atoms with Gasteiger partial charge in [-0.2, -0.15) is 0 Å². The molecular formula is C29H26. The highest BCUT2D eigenvalue weighted by Crippen LogP contribution is 2.42. The van der Waals surface area contributed by atoms with E-state index in [0.29, 0.717) is 5.92 Å². The van der Waals surface area contributed by atoms with Gasteiger partial charge in [-0.1, -0.05) is 96.6 Å². The van der Waals surface area contributed by atoms with E-state index in [0.717, 1.165) is 12.8 Å². The third-order valence-electron chi connectivity index (χ3n) is 6.26. The summed E-state index contributed by atoms with van der Waals surface area (Å²) in [6.07, 6.45) is 2.02. The van der Waals surface area contributed by atoms with Crippen molar-refractivity contribution in [2.45, 2.75) is 32.6 Å². The first-order chi connectivity index (χ1) is 14.2. The van der Waals surface area contributed by atoms with Gasteiger partial charge in [-0.25, -0.2) is 0 Å². The van der Waals surface area contributed by atoms with E-state index in [1.165, 1.54) is 50.1 Å². The second kappa shape index (κ2) is 7.37. The maximum Gasteiger partial charge on any atom is 0.0348 e. The summed E-state index contributed by atoms with van der Waals surface area (Å²) in [7, 11) is 0. The number of benzene rings is 4. The summed E-state index contributed by atoms with van der Waals surface area (Å²) in [6.45, 7) is 4.44. The SMILES string of the molecule is Cc1ccc2c(c1)Cc1cc(Cc3ccccc3)ccc1C2c1ccccc1C. The highest BCUT2D eigenvalue weighted by atomic mass is 14.3. The molecule has 29 heavy (non-hydrogen) atoms. The Labute approximate surface area is 173 Å². The highest BCUT2D eigenvalue weighted by Gasteiger charge is 2.28. The summed E-state index contributed by atoms with van der Waals surface area (Å²) in [5.41, 5.74) is 12.8. The topological polar surface area (TPSA) is 0 Å². The van der Waals surface area contributed by atoms with Crippen LogP contribution in [0.5, 0.6) is 0 Å². The van der Waals surface area contributed by atoms with Crippen LogP contribution in [0.25, 0.3) is 0 Å². The zero-order chi connectivity index (χ0) is 19.8. The van der Waals surface area contributed by atoms with Gasteiger partial charge in [0.1, 0.15) is 0 Å². The van der Waals surface area contributed by atoms with Crippen LogP contribution in [0.2, 0.25) is 0 Å². The molecule has 0 aromatic heterocycles. The van der Waals surface area contributed by atoms with E-state index in [1.54, 1.807) is 0 Å². The van der Waals surface area contributed by atoms with Crippen LogP contribution in [-0.2, 0) is 12.8 Å². The summed E-state index contributed by atoms with van der Waals surface area (Å²) < 4.78 is 0. The van der Waals surface area contributed by atoms with E-state index in [2.05, 4.69) is 105 Å². The van der Waals surface area contributed by atoms with Crippen molar-refractivity contribution in [2.75, 3.05) is 0 Å². The smallest absolute Gasteiger partial charge is 0.0348 e. The van der Waals surface area contributed by atoms with Crippen molar-refractivity contribution >= 4 is 0 Å². The Kier molecular flexibility index (Phi) is 4.56. The molecule has 5 rings (SSSR count). The van der Waals surface area contributed by atoms with Crippen LogP contribution in [0.4, 0.5) is 0 Å². The molecule has 1 aliphatic carbocycles. The van der Waals surface area contributed by atoms with Crippen molar-refractivity contribution in [3.63, 3.8) is 0 Å². The van der Waals surface area contributed by atoms with Gasteiger partial charge in [0, 0.05) is 5.92 Å². The zero-order valence-electron chi connectivity index (χ0n) is 17.2. The lowest BCUT2D eigenvalue weighted by molar-refractivity contribution is 0.872. The first-order valence-electron chi connectivity index (χ1n) is 10.5. The summed E-state index contributed by atoms with van der Waals surface area (Å²) in [4.78, 5) is 0. The minimum absolute atomic E-state index is 0.321. The Bertz CT molecular complexity index is 1170. The van der Waals surface area contributed by atoms with Crippen LogP contribution in [0, 0.1) is 13.8 Å². The Morgan fingerprint density at radius 1 is 0.621 bits per heavy atom. The summed E-state index contributed by atoms with van der Waals surface area (Å²) in [6, 6.07) is 33.8. The van der Waals surface area contributed by atoms with E-state index in [4.69, 9.17) is 0 Å². The predicted molar refractivity (Wildman–Crippen MR) is 122 cm³/mol. The van der Waals surface area contributed by atoms with Crippen molar-refractivity contribution in [3.8, 4) is 0 Å². The molecule has 1 atom stereocenters. The third-order valence-corrected chi connectivity index (χ3v) is 6.26. The molecule has 0 saturated carbocycles. The van der Waals surface area contributed by atoms with Crippen molar-refractivity contribution in [3.05, 3.63) is 141 Å². The average molecular weight is 375 g/mol. The number of hydrogen-bond acceptors (Lipinski definition) is 0. The van der Waals surface area contributed by atoms with Crippen molar-refractivity contribution in [1.29, 1.82) is 0 Å². The molecule has 4 aromatic carbocycles. The van der Waals surface area contributed by atoms with Gasteiger partial charge < -0.3 is 0 Å². The fraction of sp³-hybridized carbons (Fsp3) is 0.172. The summed E-state index contributed by atoms with van der Waals surface area (Å²) in [5, 5.41) is 0. The maximum absolute atomic E-state index is 2.44. The fourth-order valence-corrected chi connectivity index (χ4v) is 4.82. The van der Waals surface area contributed by atoms with Crippen LogP contribution < -0.4 is 0 Å². The lowest BCUT2D eigenvalue weighted by atomic mass is 9.73. The maximum atomic E-state index is 2.44. The molecule has 0 bridgehead atoms. The lowest BCUT2D eigenvalue weighted by Crippen LogP contribution is -2.16. The number of fused-ring (bicyclic) bond motifs is 2. The minimum atomic E-state index is 0.321. The van der Waals surface area contributed by atoms with Crippen LogP contribution in [-0.4, -0.2) is 0 Å². The Morgan fingerprint density at radius 3 is 2.10 bits per heavy atom. The van der Waals surface area contributed by atoms with Crippen molar-refractivity contribution in [1.82, 2.24) is 0 Å². The van der Waals surface area contributed by atoms with Gasteiger partial charge in [-0.05, 0) is 71.2 Å². The van der Waals surface area contributed by atoms with E-state index in [9.17, 15) is 0 Å². The molecular weight excluding hydrogens is 348 g/mol. The van der Waals surface area contributed by atoms with Gasteiger partial charge in [0.2, 0.25) is 0 Å². The molecule has 0 N–H and O–H groups in total. The quantitative estimate of drug-likeness (QED) is 0.319. The minimum Gasteiger partial charge on any atom is -0.0622 e. The first kappa shape index (κ1) is 17.9. The Balaban J connectivity index is 1.63. The third kappa shape index (κ3) is 3.40. The van der Waals surface area contributed by atoms with Crippen LogP contribution in [0.1, 0.15) is 56.0 Å². The van der Waals surface area contributed by atoms with Crippen LogP contribution in [0.15, 0.2) is 91.0 Å². The molecule has 0 radical (unpaired) electrons. The van der Waals surface area contributed by atoms with Gasteiger partial charge in [-0.15, -0.1) is 0 Å². The van der Waals surface area contributed by atoms with Gasteiger partial charge in [-0.3, -0.25) is 0 Å². The van der Waals surface area contributed by atoms with E-state index in [1.807, 2.05) is 0 Å². The second-order valence-electron chi connectivity index (χ2n) is 8.36. The number of aryl methyl sites for hydroxylation is 2. The standard InChI is InChI=1S/C29H26/c1-20-12-14-27-24(16-20)19-25-18-23(17-22-9-4-3-5-10-22)13-15-28(25)29(27)26-11-7-6-8-21(26)2/h3-16,18,29H,17,19H2,1-2H3. The molecule has 0 saturated heterocycles. The Morgan fingerprint density at radius 2 is 1.31 bits per heavy atom. The molecule has 1 aliphatic rings. The van der Waals surface area contributed by atoms with Crippen molar-refractivity contribution in [2.24, 2.45) is 0 Å². The summed E-state index contributed by atoms with van der Waals surface area (Å²) in [5.74, 6) is 0.321. The fourth-order valence-electron chi connectivity index (χ4n) is 4.82. The molecule has 0 amide bonds. The van der Waals surface area contributed by atoms with Gasteiger partial charge in [0.05, 0.1) is 0 Å². The van der Waals surface area contributed by atoms with Crippen molar-refractivity contribution < 1.29 is 0 Å². The van der Waals surface area contributed by atoms with Crippen LogP contribution >= 0.6 is 0 Å². The van der Waals surface area contributed by atoms with Crippen LogP contribution in [0.3, 0.4) is 0 Å². The summed E-state index contributed by atoms with van der Waals surface area (Å²) >= 11 is 0. The Hall–Kier alpha value is -3.12. The van der Waals surface area contributed by atoms with E-state index >= 15 is 0 Å². The molecule has 0 fully saturated rings. The molecule has 0 heterocycles. The van der Waals surface area contributed by atoms with Gasteiger partial charge >= 0.3 is 0 Å². The molecule has 0 spiro atoms. The van der Waals surface area contributed by atoms with Gasteiger partial charge in [0.25, 0.3) is 0 Å². The molecule has 0 nitrogen and oxygen atoms in total. The monoisotopic (exact) mass is 374 g/mol. The van der Waals surface area contributed by atoms with E-state index < -0.39 is 0 Å². The normalized spacial score (nSPS) is 14.9. The first-order valence-corrected chi connectivity index (χ1v) is 10.5. The molecule has 4 aromatic rings. The lowest BCUT2D eigenvalue weighted by Gasteiger charge is -2.31. The number of rotatable bonds is 3. The largest absolute Gasteiger partial charge is 0.0622 e. The molecule has 0 heteroatoms. The number of hydrogen-bond donors (Lipinski definition) is 0. The second-order valence-corrected chi connectivity index (χ2v) is 8.36.